The van der Waals surface area contributed by atoms with Crippen LogP contribution in [0.4, 0.5) is 5.82 Å². The largest absolute Gasteiger partial charge is 0.363 e. The first-order valence-corrected chi connectivity index (χ1v) is 5.88. The molecule has 96 valence electrons. The maximum absolute atomic E-state index is 5.56. The highest BCUT2D eigenvalue weighted by Gasteiger charge is 2.12. The van der Waals surface area contributed by atoms with Gasteiger partial charge in [0.05, 0.1) is 17.4 Å². The predicted octanol–water partition coefficient (Wildman–Crippen LogP) is 1.15. The Bertz CT molecular complexity index is 533. The molecule has 6 nitrogen and oxygen atoms in total. The van der Waals surface area contributed by atoms with E-state index in [0.29, 0.717) is 6.54 Å². The number of rotatable bonds is 4. The normalized spacial score (nSPS) is 12.4. The van der Waals surface area contributed by atoms with Gasteiger partial charge in [-0.15, -0.1) is 0 Å². The van der Waals surface area contributed by atoms with Crippen LogP contribution in [0.1, 0.15) is 29.9 Å². The molecule has 2 rings (SSSR count). The topological polar surface area (TPSA) is 81.7 Å². The summed E-state index contributed by atoms with van der Waals surface area (Å²) in [6.45, 7) is 4.49. The SMILES string of the molecule is Cc1nn(C)cc1[C@@H](C)Nc1cc(CN)ncn1. The Labute approximate surface area is 106 Å². The molecule has 0 saturated carbocycles. The number of aromatic nitrogens is 4. The maximum Gasteiger partial charge on any atom is 0.130 e. The minimum absolute atomic E-state index is 0.138. The second-order valence-electron chi connectivity index (χ2n) is 4.31. The summed E-state index contributed by atoms with van der Waals surface area (Å²) in [6.07, 6.45) is 3.53. The number of aryl methyl sites for hydroxylation is 2. The van der Waals surface area contributed by atoms with Crippen molar-refractivity contribution in [2.24, 2.45) is 12.8 Å². The summed E-state index contributed by atoms with van der Waals surface area (Å²) >= 11 is 0. The lowest BCUT2D eigenvalue weighted by Gasteiger charge is -2.14. The van der Waals surface area contributed by atoms with Crippen LogP contribution in [0, 0.1) is 6.92 Å². The average Bonchev–Trinajstić information content (AvgIpc) is 2.69. The molecular formula is C12H18N6. The molecule has 1 atom stereocenters. The Balaban J connectivity index is 2.15. The van der Waals surface area contributed by atoms with Gasteiger partial charge in [-0.25, -0.2) is 9.97 Å². The van der Waals surface area contributed by atoms with Crippen molar-refractivity contribution in [1.82, 2.24) is 19.7 Å². The van der Waals surface area contributed by atoms with E-state index >= 15 is 0 Å². The molecule has 0 bridgehead atoms. The second-order valence-corrected chi connectivity index (χ2v) is 4.31. The molecule has 0 aromatic carbocycles. The maximum atomic E-state index is 5.56. The van der Waals surface area contributed by atoms with Gasteiger partial charge in [-0.3, -0.25) is 4.68 Å². The van der Waals surface area contributed by atoms with Crippen molar-refractivity contribution in [3.63, 3.8) is 0 Å². The van der Waals surface area contributed by atoms with E-state index in [1.165, 1.54) is 6.33 Å². The fourth-order valence-corrected chi connectivity index (χ4v) is 1.93. The van der Waals surface area contributed by atoms with Crippen molar-refractivity contribution in [1.29, 1.82) is 0 Å². The van der Waals surface area contributed by atoms with Crippen LogP contribution in [-0.4, -0.2) is 19.7 Å². The van der Waals surface area contributed by atoms with Crippen LogP contribution in [0.5, 0.6) is 0 Å². The minimum atomic E-state index is 0.138. The monoisotopic (exact) mass is 246 g/mol. The molecule has 0 aliphatic rings. The van der Waals surface area contributed by atoms with E-state index in [0.717, 1.165) is 22.8 Å². The number of hydrogen-bond acceptors (Lipinski definition) is 5. The zero-order valence-electron chi connectivity index (χ0n) is 10.9. The molecule has 0 spiro atoms. The van der Waals surface area contributed by atoms with Gasteiger partial charge in [-0.2, -0.15) is 5.10 Å². The summed E-state index contributed by atoms with van der Waals surface area (Å²) in [5, 5.41) is 7.66. The molecule has 0 radical (unpaired) electrons. The molecule has 18 heavy (non-hydrogen) atoms. The highest BCUT2D eigenvalue weighted by molar-refractivity contribution is 5.38. The molecule has 3 N–H and O–H groups in total. The first-order valence-electron chi connectivity index (χ1n) is 5.88. The predicted molar refractivity (Wildman–Crippen MR) is 69.9 cm³/mol. The van der Waals surface area contributed by atoms with Crippen LogP contribution in [0.25, 0.3) is 0 Å². The summed E-state index contributed by atoms with van der Waals surface area (Å²) in [4.78, 5) is 8.25. The zero-order chi connectivity index (χ0) is 13.1. The van der Waals surface area contributed by atoms with E-state index in [2.05, 4.69) is 27.3 Å². The Kier molecular flexibility index (Phi) is 3.57. The van der Waals surface area contributed by atoms with Gasteiger partial charge in [-0.1, -0.05) is 0 Å². The number of anilines is 1. The van der Waals surface area contributed by atoms with Gasteiger partial charge in [0, 0.05) is 31.4 Å². The third-order valence-corrected chi connectivity index (χ3v) is 2.82. The molecule has 0 aliphatic heterocycles. The lowest BCUT2D eigenvalue weighted by molar-refractivity contribution is 0.756. The molecule has 0 unspecified atom stereocenters. The Morgan fingerprint density at radius 3 is 2.83 bits per heavy atom. The molecule has 6 heteroatoms. The van der Waals surface area contributed by atoms with Crippen LogP contribution < -0.4 is 11.1 Å². The summed E-state index contributed by atoms with van der Waals surface area (Å²) in [6, 6.07) is 2.00. The number of nitrogens with one attached hydrogen (secondary N) is 1. The lowest BCUT2D eigenvalue weighted by atomic mass is 10.1. The fourth-order valence-electron chi connectivity index (χ4n) is 1.93. The van der Waals surface area contributed by atoms with Crippen molar-refractivity contribution in [2.75, 3.05) is 5.32 Å². The summed E-state index contributed by atoms with van der Waals surface area (Å²) in [5.74, 6) is 0.779. The first-order chi connectivity index (χ1) is 8.60. The van der Waals surface area contributed by atoms with Crippen LogP contribution >= 0.6 is 0 Å². The van der Waals surface area contributed by atoms with Crippen molar-refractivity contribution in [3.8, 4) is 0 Å². The third kappa shape index (κ3) is 2.65. The molecule has 0 amide bonds. The second kappa shape index (κ2) is 5.14. The Hall–Kier alpha value is -1.95. The molecule has 0 fully saturated rings. The van der Waals surface area contributed by atoms with E-state index in [1.54, 1.807) is 0 Å². The highest BCUT2D eigenvalue weighted by Crippen LogP contribution is 2.20. The summed E-state index contributed by atoms with van der Waals surface area (Å²) < 4.78 is 1.81. The summed E-state index contributed by atoms with van der Waals surface area (Å²) in [5.41, 5.74) is 8.56. The van der Waals surface area contributed by atoms with E-state index in [9.17, 15) is 0 Å². The van der Waals surface area contributed by atoms with Gasteiger partial charge in [0.2, 0.25) is 0 Å². The molecule has 2 aromatic heterocycles. The van der Waals surface area contributed by atoms with Crippen LogP contribution in [0.3, 0.4) is 0 Å². The number of nitrogens with zero attached hydrogens (tertiary/aromatic N) is 4. The van der Waals surface area contributed by atoms with E-state index in [1.807, 2.05) is 30.9 Å². The first kappa shape index (κ1) is 12.5. The highest BCUT2D eigenvalue weighted by atomic mass is 15.3. The Morgan fingerprint density at radius 2 is 2.22 bits per heavy atom. The lowest BCUT2D eigenvalue weighted by Crippen LogP contribution is -2.10. The van der Waals surface area contributed by atoms with Crippen LogP contribution in [0.2, 0.25) is 0 Å². The van der Waals surface area contributed by atoms with Crippen molar-refractivity contribution >= 4 is 5.82 Å². The standard InChI is InChI=1S/C12H18N6/c1-8(11-6-18(3)17-9(11)2)16-12-4-10(5-13)14-7-15-12/h4,6-8H,5,13H2,1-3H3,(H,14,15,16)/t8-/m1/s1. The smallest absolute Gasteiger partial charge is 0.130 e. The van der Waals surface area contributed by atoms with Crippen molar-refractivity contribution in [3.05, 3.63) is 35.5 Å². The Morgan fingerprint density at radius 1 is 1.44 bits per heavy atom. The van der Waals surface area contributed by atoms with E-state index < -0.39 is 0 Å². The minimum Gasteiger partial charge on any atom is -0.363 e. The van der Waals surface area contributed by atoms with E-state index in [-0.39, 0.29) is 6.04 Å². The quantitative estimate of drug-likeness (QED) is 0.845. The molecular weight excluding hydrogens is 228 g/mol. The van der Waals surface area contributed by atoms with Crippen LogP contribution in [-0.2, 0) is 13.6 Å². The molecule has 2 heterocycles. The van der Waals surface area contributed by atoms with Crippen molar-refractivity contribution in [2.45, 2.75) is 26.4 Å². The third-order valence-electron chi connectivity index (χ3n) is 2.82. The number of nitrogens with two attached hydrogens (primary N) is 1. The van der Waals surface area contributed by atoms with Gasteiger partial charge in [-0.05, 0) is 13.8 Å². The summed E-state index contributed by atoms with van der Waals surface area (Å²) in [7, 11) is 1.92. The fraction of sp³-hybridized carbons (Fsp3) is 0.417. The van der Waals surface area contributed by atoms with Gasteiger partial charge >= 0.3 is 0 Å². The van der Waals surface area contributed by atoms with Crippen LogP contribution in [0.15, 0.2) is 18.6 Å². The van der Waals surface area contributed by atoms with Gasteiger partial charge < -0.3 is 11.1 Å². The molecule has 0 aliphatic carbocycles. The van der Waals surface area contributed by atoms with Gasteiger partial charge in [0.15, 0.2) is 0 Å². The average molecular weight is 246 g/mol. The van der Waals surface area contributed by atoms with Crippen molar-refractivity contribution < 1.29 is 0 Å². The molecule has 0 saturated heterocycles. The van der Waals surface area contributed by atoms with E-state index in [4.69, 9.17) is 5.73 Å². The van der Waals surface area contributed by atoms with Gasteiger partial charge in [0.1, 0.15) is 12.1 Å². The molecule has 2 aromatic rings. The van der Waals surface area contributed by atoms with Gasteiger partial charge in [0.25, 0.3) is 0 Å². The number of hydrogen-bond donors (Lipinski definition) is 2. The zero-order valence-corrected chi connectivity index (χ0v) is 10.9.